The van der Waals surface area contributed by atoms with Crippen LogP contribution in [0.15, 0.2) is 12.1 Å². The zero-order chi connectivity index (χ0) is 17.4. The molecule has 1 N–H and O–H groups in total. The summed E-state index contributed by atoms with van der Waals surface area (Å²) in [6.07, 6.45) is -4.58. The average Bonchev–Trinajstić information content (AvgIpc) is 2.92. The lowest BCUT2D eigenvalue weighted by Gasteiger charge is -2.15. The van der Waals surface area contributed by atoms with Gasteiger partial charge in [0.25, 0.3) is 5.91 Å². The summed E-state index contributed by atoms with van der Waals surface area (Å²) in [6.45, 7) is 5.94. The zero-order valence-electron chi connectivity index (χ0n) is 13.3. The van der Waals surface area contributed by atoms with E-state index in [1.165, 1.54) is 7.05 Å². The van der Waals surface area contributed by atoms with Crippen molar-refractivity contribution in [3.8, 4) is 0 Å². The van der Waals surface area contributed by atoms with E-state index in [0.29, 0.717) is 6.54 Å². The minimum Gasteiger partial charge on any atom is -0.346 e. The van der Waals surface area contributed by atoms with Crippen LogP contribution in [0.4, 0.5) is 13.2 Å². The first-order valence-corrected chi connectivity index (χ1v) is 7.01. The Morgan fingerprint density at radius 3 is 2.43 bits per heavy atom. The van der Waals surface area contributed by atoms with E-state index in [4.69, 9.17) is 0 Å². The molecular formula is C14H18F3N5O. The van der Waals surface area contributed by atoms with Crippen LogP contribution in [0.5, 0.6) is 0 Å². The van der Waals surface area contributed by atoms with Gasteiger partial charge in [-0.1, -0.05) is 0 Å². The van der Waals surface area contributed by atoms with Crippen molar-refractivity contribution in [2.45, 2.75) is 39.5 Å². The van der Waals surface area contributed by atoms with Crippen molar-refractivity contribution in [2.24, 2.45) is 7.05 Å². The van der Waals surface area contributed by atoms with E-state index in [1.54, 1.807) is 11.6 Å². The predicted molar refractivity (Wildman–Crippen MR) is 76.8 cm³/mol. The highest BCUT2D eigenvalue weighted by Crippen LogP contribution is 2.28. The van der Waals surface area contributed by atoms with E-state index in [1.807, 2.05) is 19.9 Å². The Morgan fingerprint density at radius 2 is 1.96 bits per heavy atom. The van der Waals surface area contributed by atoms with Crippen molar-refractivity contribution in [3.63, 3.8) is 0 Å². The second-order valence-electron chi connectivity index (χ2n) is 5.52. The van der Waals surface area contributed by atoms with Crippen LogP contribution in [0.2, 0.25) is 0 Å². The Bertz CT molecular complexity index is 717. The van der Waals surface area contributed by atoms with Crippen molar-refractivity contribution in [1.82, 2.24) is 24.9 Å². The molecule has 0 aliphatic rings. The first-order valence-electron chi connectivity index (χ1n) is 7.01. The second kappa shape index (κ2) is 6.05. The van der Waals surface area contributed by atoms with Gasteiger partial charge < -0.3 is 5.32 Å². The number of nitrogens with one attached hydrogen (secondary N) is 1. The maximum absolute atomic E-state index is 12.6. The molecule has 6 nitrogen and oxygen atoms in total. The Balaban J connectivity index is 2.07. The standard InChI is InChI=1S/C14H18F3N5O/c1-8-5-10(3)22(19-8)7-9(2)18-13(23)11-6-12(14(15,16)17)20-21(11)4/h5-6,9H,7H2,1-4H3,(H,18,23). The molecule has 0 spiro atoms. The molecule has 1 unspecified atom stereocenters. The molecule has 1 amide bonds. The van der Waals surface area contributed by atoms with Crippen LogP contribution in [0.25, 0.3) is 0 Å². The summed E-state index contributed by atoms with van der Waals surface area (Å²) < 4.78 is 40.5. The lowest BCUT2D eigenvalue weighted by Crippen LogP contribution is -2.37. The summed E-state index contributed by atoms with van der Waals surface area (Å²) in [5.74, 6) is -0.607. The van der Waals surface area contributed by atoms with E-state index < -0.39 is 17.8 Å². The zero-order valence-corrected chi connectivity index (χ0v) is 13.3. The number of carbonyl (C=O) groups is 1. The Kier molecular flexibility index (Phi) is 4.49. The van der Waals surface area contributed by atoms with Gasteiger partial charge in [0.15, 0.2) is 5.69 Å². The number of aryl methyl sites for hydroxylation is 3. The van der Waals surface area contributed by atoms with Crippen LogP contribution in [-0.2, 0) is 19.8 Å². The van der Waals surface area contributed by atoms with Gasteiger partial charge in [0, 0.05) is 24.8 Å². The van der Waals surface area contributed by atoms with Gasteiger partial charge in [-0.15, -0.1) is 0 Å². The molecule has 2 aromatic rings. The van der Waals surface area contributed by atoms with Crippen molar-refractivity contribution in [2.75, 3.05) is 0 Å². The molecule has 0 saturated heterocycles. The van der Waals surface area contributed by atoms with Crippen molar-refractivity contribution in [3.05, 3.63) is 34.9 Å². The lowest BCUT2D eigenvalue weighted by molar-refractivity contribution is -0.141. The predicted octanol–water partition coefficient (Wildman–Crippen LogP) is 2.07. The molecule has 2 aromatic heterocycles. The van der Waals surface area contributed by atoms with E-state index >= 15 is 0 Å². The third-order valence-corrected chi connectivity index (χ3v) is 3.33. The lowest BCUT2D eigenvalue weighted by atomic mass is 10.3. The maximum Gasteiger partial charge on any atom is 0.435 e. The van der Waals surface area contributed by atoms with E-state index in [-0.39, 0.29) is 11.7 Å². The first-order chi connectivity index (χ1) is 10.6. The molecule has 1 atom stereocenters. The molecule has 0 aliphatic carbocycles. The largest absolute Gasteiger partial charge is 0.435 e. The number of halogens is 3. The number of carbonyl (C=O) groups excluding carboxylic acids is 1. The van der Waals surface area contributed by atoms with Crippen LogP contribution in [0.3, 0.4) is 0 Å². The molecule has 126 valence electrons. The average molecular weight is 329 g/mol. The van der Waals surface area contributed by atoms with Gasteiger partial charge in [-0.3, -0.25) is 14.2 Å². The highest BCUT2D eigenvalue weighted by molar-refractivity contribution is 5.92. The minimum absolute atomic E-state index is 0.141. The molecule has 0 aromatic carbocycles. The maximum atomic E-state index is 12.6. The summed E-state index contributed by atoms with van der Waals surface area (Å²) in [5.41, 5.74) is 0.583. The van der Waals surface area contributed by atoms with Gasteiger partial charge in [0.05, 0.1) is 12.2 Å². The number of rotatable bonds is 4. The molecule has 0 fully saturated rings. The number of nitrogens with zero attached hydrogens (tertiary/aromatic N) is 4. The molecule has 0 radical (unpaired) electrons. The fourth-order valence-corrected chi connectivity index (χ4v) is 2.28. The normalized spacial score (nSPS) is 13.2. The van der Waals surface area contributed by atoms with Gasteiger partial charge in [-0.25, -0.2) is 0 Å². The van der Waals surface area contributed by atoms with Gasteiger partial charge in [0.2, 0.25) is 0 Å². The topological polar surface area (TPSA) is 64.7 Å². The number of aromatic nitrogens is 4. The van der Waals surface area contributed by atoms with Crippen LogP contribution < -0.4 is 5.32 Å². The fourth-order valence-electron chi connectivity index (χ4n) is 2.28. The number of alkyl halides is 3. The van der Waals surface area contributed by atoms with Crippen LogP contribution >= 0.6 is 0 Å². The molecule has 2 heterocycles. The molecule has 0 bridgehead atoms. The van der Waals surface area contributed by atoms with Gasteiger partial charge in [-0.2, -0.15) is 23.4 Å². The Labute approximate surface area is 131 Å². The third-order valence-electron chi connectivity index (χ3n) is 3.33. The summed E-state index contributed by atoms with van der Waals surface area (Å²) in [7, 11) is 1.30. The molecular weight excluding hydrogens is 311 g/mol. The third kappa shape index (κ3) is 3.91. The summed E-state index contributed by atoms with van der Waals surface area (Å²) in [4.78, 5) is 12.1. The number of amides is 1. The molecule has 9 heteroatoms. The van der Waals surface area contributed by atoms with E-state index in [9.17, 15) is 18.0 Å². The number of hydrogen-bond acceptors (Lipinski definition) is 3. The summed E-state index contributed by atoms with van der Waals surface area (Å²) in [5, 5.41) is 10.3. The fraction of sp³-hybridized carbons (Fsp3) is 0.500. The van der Waals surface area contributed by atoms with Crippen LogP contribution in [0, 0.1) is 13.8 Å². The number of hydrogen-bond donors (Lipinski definition) is 1. The van der Waals surface area contributed by atoms with E-state index in [0.717, 1.165) is 22.1 Å². The Hall–Kier alpha value is -2.32. The van der Waals surface area contributed by atoms with Crippen molar-refractivity contribution in [1.29, 1.82) is 0 Å². The van der Waals surface area contributed by atoms with Crippen molar-refractivity contribution >= 4 is 5.91 Å². The summed E-state index contributed by atoms with van der Waals surface area (Å²) >= 11 is 0. The highest BCUT2D eigenvalue weighted by Gasteiger charge is 2.35. The minimum atomic E-state index is -4.58. The van der Waals surface area contributed by atoms with Gasteiger partial charge >= 0.3 is 6.18 Å². The second-order valence-corrected chi connectivity index (χ2v) is 5.52. The quantitative estimate of drug-likeness (QED) is 0.934. The smallest absolute Gasteiger partial charge is 0.346 e. The summed E-state index contributed by atoms with van der Waals surface area (Å²) in [6, 6.07) is 2.35. The van der Waals surface area contributed by atoms with Crippen LogP contribution in [-0.4, -0.2) is 31.5 Å². The highest BCUT2D eigenvalue weighted by atomic mass is 19.4. The first kappa shape index (κ1) is 17.0. The SMILES string of the molecule is Cc1cc(C)n(CC(C)NC(=O)c2cc(C(F)(F)F)nn2C)n1. The molecule has 23 heavy (non-hydrogen) atoms. The molecule has 0 saturated carbocycles. The Morgan fingerprint density at radius 1 is 1.30 bits per heavy atom. The van der Waals surface area contributed by atoms with Crippen LogP contribution in [0.1, 0.15) is 34.5 Å². The van der Waals surface area contributed by atoms with Gasteiger partial charge in [0.1, 0.15) is 5.69 Å². The monoisotopic (exact) mass is 329 g/mol. The molecule has 0 aliphatic heterocycles. The molecule has 2 rings (SSSR count). The van der Waals surface area contributed by atoms with E-state index in [2.05, 4.69) is 15.5 Å². The van der Waals surface area contributed by atoms with Crippen molar-refractivity contribution < 1.29 is 18.0 Å². The van der Waals surface area contributed by atoms with Gasteiger partial charge in [-0.05, 0) is 26.8 Å².